The number of aliphatic imine (C=N–C) groups is 1. The summed E-state index contributed by atoms with van der Waals surface area (Å²) in [5.74, 6) is 1.63. The Morgan fingerprint density at radius 3 is 2.48 bits per heavy atom. The van der Waals surface area contributed by atoms with E-state index >= 15 is 0 Å². The normalized spacial score (nSPS) is 20.9. The Morgan fingerprint density at radius 2 is 1.79 bits per heavy atom. The van der Waals surface area contributed by atoms with Crippen LogP contribution in [0.4, 0.5) is 0 Å². The molecule has 2 aliphatic heterocycles. The van der Waals surface area contributed by atoms with Crippen molar-refractivity contribution in [2.24, 2.45) is 10.9 Å². The van der Waals surface area contributed by atoms with Crippen LogP contribution in [0.5, 0.6) is 0 Å². The first-order valence-corrected chi connectivity index (χ1v) is 10.9. The molecule has 2 saturated heterocycles. The van der Waals surface area contributed by atoms with Crippen LogP contribution in [0.15, 0.2) is 41.4 Å². The summed E-state index contributed by atoms with van der Waals surface area (Å²) in [6.07, 6.45) is 4.48. The van der Waals surface area contributed by atoms with Gasteiger partial charge in [0.05, 0.1) is 13.2 Å². The largest absolute Gasteiger partial charge is 0.379 e. The van der Waals surface area contributed by atoms with Gasteiger partial charge in [0.15, 0.2) is 5.96 Å². The minimum Gasteiger partial charge on any atom is -0.379 e. The molecule has 2 heterocycles. The molecule has 3 rings (SSSR count). The average molecular weight is 400 g/mol. The van der Waals surface area contributed by atoms with Gasteiger partial charge in [0.2, 0.25) is 0 Å². The molecule has 0 aromatic heterocycles. The maximum Gasteiger partial charge on any atom is 0.193 e. The average Bonchev–Trinajstić information content (AvgIpc) is 2.76. The number of ether oxygens (including phenoxy) is 1. The molecular formula is C23H37N5O. The van der Waals surface area contributed by atoms with Crippen molar-refractivity contribution in [3.8, 4) is 0 Å². The quantitative estimate of drug-likeness (QED) is 0.560. The van der Waals surface area contributed by atoms with Crippen molar-refractivity contribution in [3.05, 3.63) is 42.0 Å². The molecule has 1 atom stereocenters. The van der Waals surface area contributed by atoms with Gasteiger partial charge in [-0.25, -0.2) is 0 Å². The second-order valence-corrected chi connectivity index (χ2v) is 8.05. The Labute approximate surface area is 176 Å². The monoisotopic (exact) mass is 399 g/mol. The highest BCUT2D eigenvalue weighted by Crippen LogP contribution is 2.06. The molecule has 1 unspecified atom stereocenters. The van der Waals surface area contributed by atoms with Crippen molar-refractivity contribution in [3.63, 3.8) is 0 Å². The van der Waals surface area contributed by atoms with Gasteiger partial charge in [-0.2, -0.15) is 0 Å². The Kier molecular flexibility index (Phi) is 8.99. The third-order valence-electron chi connectivity index (χ3n) is 5.64. The summed E-state index contributed by atoms with van der Waals surface area (Å²) >= 11 is 0. The fourth-order valence-corrected chi connectivity index (χ4v) is 3.93. The van der Waals surface area contributed by atoms with Crippen LogP contribution in [0, 0.1) is 5.92 Å². The second-order valence-electron chi connectivity index (χ2n) is 8.05. The number of rotatable bonds is 7. The van der Waals surface area contributed by atoms with E-state index in [4.69, 9.17) is 4.74 Å². The molecule has 0 amide bonds. The van der Waals surface area contributed by atoms with Gasteiger partial charge >= 0.3 is 0 Å². The lowest BCUT2D eigenvalue weighted by atomic mass is 10.1. The third-order valence-corrected chi connectivity index (χ3v) is 5.64. The summed E-state index contributed by atoms with van der Waals surface area (Å²) in [4.78, 5) is 11.9. The number of guanidine groups is 1. The molecule has 6 heteroatoms. The molecule has 0 aliphatic carbocycles. The molecule has 0 bridgehead atoms. The number of piperazine rings is 1. The van der Waals surface area contributed by atoms with E-state index in [9.17, 15) is 0 Å². The van der Waals surface area contributed by atoms with Crippen LogP contribution in [0.1, 0.15) is 12.5 Å². The number of nitrogens with one attached hydrogen (secondary N) is 1. The first-order valence-electron chi connectivity index (χ1n) is 10.9. The summed E-state index contributed by atoms with van der Waals surface area (Å²) in [5.41, 5.74) is 1.27. The van der Waals surface area contributed by atoms with Crippen LogP contribution in [0.3, 0.4) is 0 Å². The molecule has 1 aromatic rings. The maximum atomic E-state index is 5.44. The van der Waals surface area contributed by atoms with E-state index in [1.807, 2.05) is 7.05 Å². The van der Waals surface area contributed by atoms with Crippen LogP contribution in [0.2, 0.25) is 0 Å². The predicted octanol–water partition coefficient (Wildman–Crippen LogP) is 1.86. The minimum atomic E-state index is 0.592. The number of hydrogen-bond donors (Lipinski definition) is 1. The van der Waals surface area contributed by atoms with E-state index in [1.165, 1.54) is 5.56 Å². The smallest absolute Gasteiger partial charge is 0.193 e. The molecule has 29 heavy (non-hydrogen) atoms. The van der Waals surface area contributed by atoms with Gasteiger partial charge in [-0.3, -0.25) is 14.8 Å². The van der Waals surface area contributed by atoms with Crippen molar-refractivity contribution in [1.29, 1.82) is 0 Å². The Morgan fingerprint density at radius 1 is 1.07 bits per heavy atom. The van der Waals surface area contributed by atoms with Crippen LogP contribution in [-0.2, 0) is 4.74 Å². The summed E-state index contributed by atoms with van der Waals surface area (Å²) in [6, 6.07) is 10.5. The molecule has 0 radical (unpaired) electrons. The summed E-state index contributed by atoms with van der Waals surface area (Å²) in [6.45, 7) is 13.4. The number of nitrogens with zero attached hydrogens (tertiary/aromatic N) is 4. The van der Waals surface area contributed by atoms with Crippen LogP contribution < -0.4 is 5.32 Å². The highest BCUT2D eigenvalue weighted by atomic mass is 16.5. The molecule has 0 saturated carbocycles. The molecule has 1 aromatic carbocycles. The van der Waals surface area contributed by atoms with Gasteiger partial charge in [-0.15, -0.1) is 0 Å². The van der Waals surface area contributed by atoms with Gasteiger partial charge in [-0.05, 0) is 11.5 Å². The molecular weight excluding hydrogens is 362 g/mol. The number of morpholine rings is 1. The highest BCUT2D eigenvalue weighted by molar-refractivity contribution is 5.80. The Bertz CT molecular complexity index is 634. The molecule has 0 spiro atoms. The van der Waals surface area contributed by atoms with Gasteiger partial charge in [-0.1, -0.05) is 49.4 Å². The van der Waals surface area contributed by atoms with Crippen molar-refractivity contribution in [1.82, 2.24) is 20.0 Å². The van der Waals surface area contributed by atoms with E-state index in [1.54, 1.807) is 0 Å². The minimum absolute atomic E-state index is 0.592. The molecule has 2 fully saturated rings. The maximum absolute atomic E-state index is 5.44. The third kappa shape index (κ3) is 7.46. The zero-order valence-corrected chi connectivity index (χ0v) is 18.1. The Hall–Kier alpha value is -1.89. The van der Waals surface area contributed by atoms with Gasteiger partial charge in [0.1, 0.15) is 0 Å². The molecule has 160 valence electrons. The SMILES string of the molecule is CN=C(NCC(C)CN1CCOCC1)N1CCN(C/C=C/c2ccccc2)CC1. The zero-order chi connectivity index (χ0) is 20.3. The Balaban J connectivity index is 1.35. The summed E-state index contributed by atoms with van der Waals surface area (Å²) in [5, 5.41) is 3.59. The van der Waals surface area contributed by atoms with E-state index in [-0.39, 0.29) is 0 Å². The van der Waals surface area contributed by atoms with Gasteiger partial charge in [0, 0.05) is 66.0 Å². The number of benzene rings is 1. The van der Waals surface area contributed by atoms with Gasteiger partial charge in [0.25, 0.3) is 0 Å². The van der Waals surface area contributed by atoms with Crippen molar-refractivity contribution >= 4 is 12.0 Å². The van der Waals surface area contributed by atoms with Crippen LogP contribution in [0.25, 0.3) is 6.08 Å². The topological polar surface area (TPSA) is 43.3 Å². The van der Waals surface area contributed by atoms with Crippen LogP contribution >= 0.6 is 0 Å². The standard InChI is InChI=1S/C23H37N5O/c1-21(20-27-15-17-29-18-16-27)19-25-23(24-2)28-13-11-26(12-14-28)10-6-9-22-7-4-3-5-8-22/h3-9,21H,10-20H2,1-2H3,(H,24,25)/b9-6+. The molecule has 6 nitrogen and oxygen atoms in total. The van der Waals surface area contributed by atoms with Crippen molar-refractivity contribution < 1.29 is 4.74 Å². The van der Waals surface area contributed by atoms with E-state index in [0.717, 1.165) is 78.1 Å². The fraction of sp³-hybridized carbons (Fsp3) is 0.609. The highest BCUT2D eigenvalue weighted by Gasteiger charge is 2.20. The second kappa shape index (κ2) is 12.0. The first kappa shape index (κ1) is 21.8. The lowest BCUT2D eigenvalue weighted by molar-refractivity contribution is 0.0320. The fourth-order valence-electron chi connectivity index (χ4n) is 3.93. The van der Waals surface area contributed by atoms with E-state index in [2.05, 4.69) is 74.4 Å². The first-order chi connectivity index (χ1) is 14.2. The van der Waals surface area contributed by atoms with Gasteiger partial charge < -0.3 is 15.0 Å². The van der Waals surface area contributed by atoms with Crippen molar-refractivity contribution in [2.45, 2.75) is 6.92 Å². The molecule has 2 aliphatic rings. The molecule has 1 N–H and O–H groups in total. The van der Waals surface area contributed by atoms with E-state index in [0.29, 0.717) is 5.92 Å². The predicted molar refractivity (Wildman–Crippen MR) is 121 cm³/mol. The lowest BCUT2D eigenvalue weighted by Gasteiger charge is -2.36. The summed E-state index contributed by atoms with van der Waals surface area (Å²) in [7, 11) is 1.89. The van der Waals surface area contributed by atoms with Crippen molar-refractivity contribution in [2.75, 3.05) is 79.2 Å². The summed E-state index contributed by atoms with van der Waals surface area (Å²) < 4.78 is 5.44. The number of hydrogen-bond acceptors (Lipinski definition) is 4. The van der Waals surface area contributed by atoms with E-state index < -0.39 is 0 Å². The van der Waals surface area contributed by atoms with Crippen LogP contribution in [-0.4, -0.2) is 99.8 Å². The lowest BCUT2D eigenvalue weighted by Crippen LogP contribution is -2.53. The zero-order valence-electron chi connectivity index (χ0n) is 18.1.